The van der Waals surface area contributed by atoms with Gasteiger partial charge in [0.25, 0.3) is 0 Å². The predicted octanol–water partition coefficient (Wildman–Crippen LogP) is 6.02. The summed E-state index contributed by atoms with van der Waals surface area (Å²) in [6.07, 6.45) is 0. The molecule has 1 heterocycles. The SMILES string of the molecule is Brc1ccc(-c2cc3ccc4ccccc4c3o2)cc1. The van der Waals surface area contributed by atoms with Crippen LogP contribution < -0.4 is 0 Å². The highest BCUT2D eigenvalue weighted by Crippen LogP contribution is 2.33. The van der Waals surface area contributed by atoms with E-state index in [-0.39, 0.29) is 0 Å². The number of halogens is 1. The van der Waals surface area contributed by atoms with Crippen molar-refractivity contribution < 1.29 is 4.42 Å². The van der Waals surface area contributed by atoms with Gasteiger partial charge in [-0.05, 0) is 23.6 Å². The highest BCUT2D eigenvalue weighted by atomic mass is 79.9. The lowest BCUT2D eigenvalue weighted by Gasteiger charge is -1.98. The molecule has 1 aromatic heterocycles. The first kappa shape index (κ1) is 11.7. The Hall–Kier alpha value is -2.06. The van der Waals surface area contributed by atoms with E-state index in [0.717, 1.165) is 32.2 Å². The Balaban J connectivity index is 1.98. The minimum atomic E-state index is 0.906. The van der Waals surface area contributed by atoms with Crippen molar-refractivity contribution in [3.05, 3.63) is 71.2 Å². The van der Waals surface area contributed by atoms with Crippen molar-refractivity contribution in [3.8, 4) is 11.3 Å². The third kappa shape index (κ3) is 1.84. The second-order valence-corrected chi connectivity index (χ2v) is 5.74. The molecule has 0 radical (unpaired) electrons. The van der Waals surface area contributed by atoms with Crippen LogP contribution in [0.15, 0.2) is 75.6 Å². The number of hydrogen-bond donors (Lipinski definition) is 0. The van der Waals surface area contributed by atoms with E-state index in [4.69, 9.17) is 4.42 Å². The van der Waals surface area contributed by atoms with E-state index < -0.39 is 0 Å². The second-order valence-electron chi connectivity index (χ2n) is 4.82. The van der Waals surface area contributed by atoms with Crippen LogP contribution >= 0.6 is 15.9 Å². The fourth-order valence-corrected chi connectivity index (χ4v) is 2.79. The fraction of sp³-hybridized carbons (Fsp3) is 0. The van der Waals surface area contributed by atoms with Gasteiger partial charge >= 0.3 is 0 Å². The molecule has 0 atom stereocenters. The summed E-state index contributed by atoms with van der Waals surface area (Å²) in [7, 11) is 0. The molecule has 0 aliphatic rings. The molecular weight excluding hydrogens is 312 g/mol. The summed E-state index contributed by atoms with van der Waals surface area (Å²) in [5.41, 5.74) is 2.05. The lowest BCUT2D eigenvalue weighted by Crippen LogP contribution is -1.72. The number of benzene rings is 3. The maximum atomic E-state index is 6.09. The van der Waals surface area contributed by atoms with Crippen molar-refractivity contribution in [2.24, 2.45) is 0 Å². The van der Waals surface area contributed by atoms with Crippen LogP contribution in [0.3, 0.4) is 0 Å². The molecule has 0 aliphatic carbocycles. The molecule has 0 bridgehead atoms. The molecule has 1 nitrogen and oxygen atoms in total. The summed E-state index contributed by atoms with van der Waals surface area (Å²) in [6.45, 7) is 0. The van der Waals surface area contributed by atoms with Gasteiger partial charge in [0.15, 0.2) is 0 Å². The normalized spacial score (nSPS) is 11.2. The van der Waals surface area contributed by atoms with Crippen LogP contribution in [-0.4, -0.2) is 0 Å². The monoisotopic (exact) mass is 322 g/mol. The van der Waals surface area contributed by atoms with Gasteiger partial charge in [0, 0.05) is 20.8 Å². The molecule has 0 N–H and O–H groups in total. The molecule has 0 amide bonds. The molecular formula is C18H11BrO. The van der Waals surface area contributed by atoms with Gasteiger partial charge in [-0.15, -0.1) is 0 Å². The van der Waals surface area contributed by atoms with E-state index in [2.05, 4.69) is 58.4 Å². The summed E-state index contributed by atoms with van der Waals surface area (Å²) in [5.74, 6) is 0.906. The Morgan fingerprint density at radius 2 is 1.50 bits per heavy atom. The Labute approximate surface area is 125 Å². The lowest BCUT2D eigenvalue weighted by atomic mass is 10.1. The maximum Gasteiger partial charge on any atom is 0.142 e. The summed E-state index contributed by atoms with van der Waals surface area (Å²) >= 11 is 3.45. The zero-order chi connectivity index (χ0) is 13.5. The Morgan fingerprint density at radius 1 is 0.750 bits per heavy atom. The largest absolute Gasteiger partial charge is 0.455 e. The summed E-state index contributed by atoms with van der Waals surface area (Å²) in [4.78, 5) is 0. The molecule has 4 aromatic rings. The highest BCUT2D eigenvalue weighted by molar-refractivity contribution is 9.10. The minimum Gasteiger partial charge on any atom is -0.455 e. The number of furan rings is 1. The molecule has 0 saturated carbocycles. The van der Waals surface area contributed by atoms with Crippen molar-refractivity contribution in [2.75, 3.05) is 0 Å². The Bertz CT molecular complexity index is 904. The summed E-state index contributed by atoms with van der Waals surface area (Å²) in [6, 6.07) is 22.8. The van der Waals surface area contributed by atoms with Crippen LogP contribution in [0.2, 0.25) is 0 Å². The molecule has 0 spiro atoms. The smallest absolute Gasteiger partial charge is 0.142 e. The molecule has 0 unspecified atom stereocenters. The van der Waals surface area contributed by atoms with E-state index in [1.54, 1.807) is 0 Å². The van der Waals surface area contributed by atoms with E-state index >= 15 is 0 Å². The Kier molecular flexibility index (Phi) is 2.64. The van der Waals surface area contributed by atoms with Gasteiger partial charge in [-0.2, -0.15) is 0 Å². The van der Waals surface area contributed by atoms with Crippen LogP contribution in [-0.2, 0) is 0 Å². The third-order valence-corrected chi connectivity index (χ3v) is 4.07. The predicted molar refractivity (Wildman–Crippen MR) is 86.9 cm³/mol. The average Bonchev–Trinajstić information content (AvgIpc) is 2.92. The number of rotatable bonds is 1. The molecule has 0 fully saturated rings. The van der Waals surface area contributed by atoms with Crippen LogP contribution in [0.5, 0.6) is 0 Å². The molecule has 2 heteroatoms. The van der Waals surface area contributed by atoms with E-state index in [0.29, 0.717) is 0 Å². The standard InChI is InChI=1S/C18H11BrO/c19-15-9-7-13(8-10-15)17-11-14-6-5-12-3-1-2-4-16(12)18(14)20-17/h1-11H. The molecule has 20 heavy (non-hydrogen) atoms. The first-order valence-corrected chi connectivity index (χ1v) is 7.28. The van der Waals surface area contributed by atoms with Crippen LogP contribution in [0.4, 0.5) is 0 Å². The topological polar surface area (TPSA) is 13.1 Å². The molecule has 0 aliphatic heterocycles. The minimum absolute atomic E-state index is 0.906. The third-order valence-electron chi connectivity index (χ3n) is 3.54. The lowest BCUT2D eigenvalue weighted by molar-refractivity contribution is 0.635. The first-order chi connectivity index (χ1) is 9.81. The first-order valence-electron chi connectivity index (χ1n) is 6.48. The van der Waals surface area contributed by atoms with Gasteiger partial charge in [-0.25, -0.2) is 0 Å². The van der Waals surface area contributed by atoms with Gasteiger partial charge in [-0.3, -0.25) is 0 Å². The number of fused-ring (bicyclic) bond motifs is 3. The van der Waals surface area contributed by atoms with Gasteiger partial charge < -0.3 is 4.42 Å². The Morgan fingerprint density at radius 3 is 2.35 bits per heavy atom. The van der Waals surface area contributed by atoms with Gasteiger partial charge in [0.1, 0.15) is 11.3 Å². The molecule has 0 saturated heterocycles. The van der Waals surface area contributed by atoms with Crippen molar-refractivity contribution >= 4 is 37.7 Å². The maximum absolute atomic E-state index is 6.09. The molecule has 4 rings (SSSR count). The van der Waals surface area contributed by atoms with E-state index in [9.17, 15) is 0 Å². The second kappa shape index (κ2) is 4.50. The van der Waals surface area contributed by atoms with Crippen molar-refractivity contribution in [3.63, 3.8) is 0 Å². The average molecular weight is 323 g/mol. The molecule has 96 valence electrons. The summed E-state index contributed by atoms with van der Waals surface area (Å²) in [5, 5.41) is 3.51. The van der Waals surface area contributed by atoms with Crippen LogP contribution in [0.25, 0.3) is 33.1 Å². The van der Waals surface area contributed by atoms with Crippen LogP contribution in [0, 0.1) is 0 Å². The quantitative estimate of drug-likeness (QED) is 0.418. The summed E-state index contributed by atoms with van der Waals surface area (Å²) < 4.78 is 7.16. The van der Waals surface area contributed by atoms with Crippen molar-refractivity contribution in [1.82, 2.24) is 0 Å². The molecule has 3 aromatic carbocycles. The van der Waals surface area contributed by atoms with Gasteiger partial charge in [0.05, 0.1) is 0 Å². The van der Waals surface area contributed by atoms with Crippen LogP contribution in [0.1, 0.15) is 0 Å². The number of hydrogen-bond acceptors (Lipinski definition) is 1. The van der Waals surface area contributed by atoms with E-state index in [1.165, 1.54) is 5.39 Å². The van der Waals surface area contributed by atoms with E-state index in [1.807, 2.05) is 24.3 Å². The zero-order valence-electron chi connectivity index (χ0n) is 10.6. The van der Waals surface area contributed by atoms with Gasteiger partial charge in [-0.1, -0.05) is 64.5 Å². The fourth-order valence-electron chi connectivity index (χ4n) is 2.52. The van der Waals surface area contributed by atoms with Crippen molar-refractivity contribution in [1.29, 1.82) is 0 Å². The highest BCUT2D eigenvalue weighted by Gasteiger charge is 2.08. The van der Waals surface area contributed by atoms with Crippen molar-refractivity contribution in [2.45, 2.75) is 0 Å². The zero-order valence-corrected chi connectivity index (χ0v) is 12.2. The van der Waals surface area contributed by atoms with Gasteiger partial charge in [0.2, 0.25) is 0 Å².